The maximum atomic E-state index is 14.4. The van der Waals surface area contributed by atoms with Crippen LogP contribution in [0.4, 0.5) is 4.39 Å². The van der Waals surface area contributed by atoms with Crippen molar-refractivity contribution in [2.75, 3.05) is 13.6 Å². The molecule has 148 valence electrons. The second-order valence-corrected chi connectivity index (χ2v) is 8.16. The fraction of sp³-hybridized carbons (Fsp3) is 0.435. The predicted octanol–water partition coefficient (Wildman–Crippen LogP) is 3.89. The third-order valence-electron chi connectivity index (χ3n) is 6.38. The summed E-state index contributed by atoms with van der Waals surface area (Å²) < 4.78 is 19.8. The molecule has 2 aliphatic carbocycles. The molecule has 2 N–H and O–H groups in total. The number of hydrogen-bond acceptors (Lipinski definition) is 4. The summed E-state index contributed by atoms with van der Waals surface area (Å²) in [6.07, 6.45) is 3.95. The van der Waals surface area contributed by atoms with Crippen molar-refractivity contribution in [2.45, 2.75) is 31.3 Å². The number of halogens is 1. The summed E-state index contributed by atoms with van der Waals surface area (Å²) in [4.78, 5) is 12.4. The van der Waals surface area contributed by atoms with E-state index in [0.717, 1.165) is 19.3 Å². The fourth-order valence-electron chi connectivity index (χ4n) is 5.15. The van der Waals surface area contributed by atoms with Gasteiger partial charge in [0.15, 0.2) is 0 Å². The molecule has 0 radical (unpaired) electrons. The second kappa shape index (κ2) is 7.64. The van der Waals surface area contributed by atoms with Gasteiger partial charge in [0.1, 0.15) is 11.6 Å². The number of nitrogens with one attached hydrogen (secondary N) is 1. The lowest BCUT2D eigenvalue weighted by Gasteiger charge is -2.44. The van der Waals surface area contributed by atoms with Crippen molar-refractivity contribution in [1.82, 2.24) is 5.32 Å². The van der Waals surface area contributed by atoms with Gasteiger partial charge in [0.2, 0.25) is 0 Å². The van der Waals surface area contributed by atoms with Crippen molar-refractivity contribution in [3.8, 4) is 5.75 Å². The van der Waals surface area contributed by atoms with Gasteiger partial charge in [-0.25, -0.2) is 9.18 Å². The highest BCUT2D eigenvalue weighted by Crippen LogP contribution is 2.54. The van der Waals surface area contributed by atoms with E-state index in [1.165, 1.54) is 12.1 Å². The molecule has 2 aromatic carbocycles. The van der Waals surface area contributed by atoms with Crippen LogP contribution in [-0.2, 0) is 5.60 Å². The SMILES string of the molecule is CNC[C@H]1[C@@H]2CC[C@@H](C2)C[C@]1(O)c1cc(F)cc(OC(=O)c2ccccc2)c1. The summed E-state index contributed by atoms with van der Waals surface area (Å²) in [7, 11) is 1.88. The van der Waals surface area contributed by atoms with Crippen molar-refractivity contribution >= 4 is 5.97 Å². The molecule has 0 aliphatic heterocycles. The Kier molecular flexibility index (Phi) is 5.21. The number of ether oxygens (including phenoxy) is 1. The van der Waals surface area contributed by atoms with Crippen LogP contribution in [0.25, 0.3) is 0 Å². The summed E-state index contributed by atoms with van der Waals surface area (Å²) in [6.45, 7) is 0.670. The van der Waals surface area contributed by atoms with Crippen LogP contribution in [0.3, 0.4) is 0 Å². The molecule has 4 rings (SSSR count). The quantitative estimate of drug-likeness (QED) is 0.608. The van der Waals surface area contributed by atoms with Gasteiger partial charge in [-0.2, -0.15) is 0 Å². The van der Waals surface area contributed by atoms with Crippen LogP contribution in [0, 0.1) is 23.6 Å². The molecule has 4 nitrogen and oxygen atoms in total. The Bertz CT molecular complexity index is 856. The molecule has 0 unspecified atom stereocenters. The average Bonchev–Trinajstić information content (AvgIpc) is 3.08. The molecule has 0 saturated heterocycles. The molecule has 0 heterocycles. The van der Waals surface area contributed by atoms with Gasteiger partial charge in [-0.1, -0.05) is 24.6 Å². The minimum absolute atomic E-state index is 0.00993. The maximum Gasteiger partial charge on any atom is 0.343 e. The normalized spacial score (nSPS) is 28.9. The van der Waals surface area contributed by atoms with Crippen molar-refractivity contribution in [1.29, 1.82) is 0 Å². The lowest BCUT2D eigenvalue weighted by Crippen LogP contribution is -2.47. The third kappa shape index (κ3) is 3.56. The molecule has 5 heteroatoms. The molecule has 28 heavy (non-hydrogen) atoms. The van der Waals surface area contributed by atoms with Crippen LogP contribution in [0.5, 0.6) is 5.75 Å². The molecule has 0 spiro atoms. The number of aliphatic hydroxyl groups is 1. The van der Waals surface area contributed by atoms with E-state index in [1.54, 1.807) is 30.3 Å². The largest absolute Gasteiger partial charge is 0.423 e. The number of carbonyl (C=O) groups is 1. The van der Waals surface area contributed by atoms with E-state index in [4.69, 9.17) is 4.74 Å². The van der Waals surface area contributed by atoms with Gasteiger partial charge < -0.3 is 15.2 Å². The second-order valence-electron chi connectivity index (χ2n) is 8.16. The Morgan fingerprint density at radius 1 is 1.25 bits per heavy atom. The van der Waals surface area contributed by atoms with Crippen LogP contribution < -0.4 is 10.1 Å². The molecule has 2 bridgehead atoms. The number of hydrogen-bond donors (Lipinski definition) is 2. The van der Waals surface area contributed by atoms with Gasteiger partial charge >= 0.3 is 5.97 Å². The van der Waals surface area contributed by atoms with Crippen molar-refractivity contribution in [2.24, 2.45) is 17.8 Å². The van der Waals surface area contributed by atoms with Gasteiger partial charge in [0.25, 0.3) is 0 Å². The Hall–Kier alpha value is -2.24. The third-order valence-corrected chi connectivity index (χ3v) is 6.38. The molecule has 2 saturated carbocycles. The van der Waals surface area contributed by atoms with Gasteiger partial charge in [-0.3, -0.25) is 0 Å². The van der Waals surface area contributed by atoms with E-state index in [-0.39, 0.29) is 11.7 Å². The summed E-state index contributed by atoms with van der Waals surface area (Å²) in [6, 6.07) is 12.8. The fourth-order valence-corrected chi connectivity index (χ4v) is 5.15. The maximum absolute atomic E-state index is 14.4. The van der Waals surface area contributed by atoms with E-state index in [0.29, 0.717) is 35.9 Å². The van der Waals surface area contributed by atoms with Crippen molar-refractivity contribution in [3.63, 3.8) is 0 Å². The van der Waals surface area contributed by atoms with E-state index in [2.05, 4.69) is 5.32 Å². The van der Waals surface area contributed by atoms with E-state index in [9.17, 15) is 14.3 Å². The lowest BCUT2D eigenvalue weighted by atomic mass is 9.66. The van der Waals surface area contributed by atoms with Crippen LogP contribution >= 0.6 is 0 Å². The van der Waals surface area contributed by atoms with Gasteiger partial charge in [0, 0.05) is 18.5 Å². The first kappa shape index (κ1) is 19.1. The molecule has 2 fully saturated rings. The molecule has 4 atom stereocenters. The zero-order chi connectivity index (χ0) is 19.7. The van der Waals surface area contributed by atoms with E-state index >= 15 is 0 Å². The number of rotatable bonds is 5. The lowest BCUT2D eigenvalue weighted by molar-refractivity contribution is -0.0808. The van der Waals surface area contributed by atoms with Crippen LogP contribution in [0.15, 0.2) is 48.5 Å². The van der Waals surface area contributed by atoms with Crippen molar-refractivity contribution in [3.05, 3.63) is 65.5 Å². The minimum Gasteiger partial charge on any atom is -0.423 e. The summed E-state index contributed by atoms with van der Waals surface area (Å²) in [5, 5.41) is 14.9. The first-order chi connectivity index (χ1) is 13.5. The van der Waals surface area contributed by atoms with Gasteiger partial charge in [0.05, 0.1) is 11.2 Å². The zero-order valence-corrected chi connectivity index (χ0v) is 16.0. The highest BCUT2D eigenvalue weighted by molar-refractivity contribution is 5.90. The average molecular weight is 383 g/mol. The summed E-state index contributed by atoms with van der Waals surface area (Å²) in [5.74, 6) is -0.0341. The Labute approximate surface area is 164 Å². The molecular weight excluding hydrogens is 357 g/mol. The molecular formula is C23H26FNO3. The standard InChI is InChI=1S/C23H26FNO3/c1-25-14-21-17-8-7-15(9-17)13-23(21,27)18-10-19(24)12-20(11-18)28-22(26)16-5-3-2-4-6-16/h2-6,10-12,15,17,21,25,27H,7-9,13-14H2,1H3/t15-,17+,21-,23-/m0/s1. The minimum atomic E-state index is -1.12. The zero-order valence-electron chi connectivity index (χ0n) is 16.0. The number of esters is 1. The Morgan fingerprint density at radius 3 is 2.79 bits per heavy atom. The van der Waals surface area contributed by atoms with Gasteiger partial charge in [-0.15, -0.1) is 0 Å². The monoisotopic (exact) mass is 383 g/mol. The molecule has 2 aliphatic rings. The summed E-state index contributed by atoms with van der Waals surface area (Å²) >= 11 is 0. The first-order valence-corrected chi connectivity index (χ1v) is 9.95. The molecule has 0 aromatic heterocycles. The number of benzene rings is 2. The highest BCUT2D eigenvalue weighted by Gasteiger charge is 2.51. The molecule has 2 aromatic rings. The molecule has 0 amide bonds. The van der Waals surface area contributed by atoms with Crippen molar-refractivity contribution < 1.29 is 19.0 Å². The first-order valence-electron chi connectivity index (χ1n) is 9.95. The van der Waals surface area contributed by atoms with Crippen LogP contribution in [-0.4, -0.2) is 24.7 Å². The van der Waals surface area contributed by atoms with Crippen LogP contribution in [0.1, 0.15) is 41.6 Å². The summed E-state index contributed by atoms with van der Waals surface area (Å²) in [5.41, 5.74) is -0.223. The highest BCUT2D eigenvalue weighted by atomic mass is 19.1. The van der Waals surface area contributed by atoms with E-state index in [1.807, 2.05) is 13.1 Å². The topological polar surface area (TPSA) is 58.6 Å². The van der Waals surface area contributed by atoms with Crippen LogP contribution in [0.2, 0.25) is 0 Å². The smallest absolute Gasteiger partial charge is 0.343 e. The predicted molar refractivity (Wildman–Crippen MR) is 105 cm³/mol. The van der Waals surface area contributed by atoms with E-state index < -0.39 is 17.4 Å². The number of carbonyl (C=O) groups excluding carboxylic acids is 1. The van der Waals surface area contributed by atoms with Gasteiger partial charge in [-0.05, 0) is 68.0 Å². The Balaban J connectivity index is 1.65. The Morgan fingerprint density at radius 2 is 2.04 bits per heavy atom. The number of fused-ring (bicyclic) bond motifs is 2.